The zero-order chi connectivity index (χ0) is 14.0. The van der Waals surface area contributed by atoms with Crippen LogP contribution in [0.4, 0.5) is 0 Å². The first-order valence-corrected chi connectivity index (χ1v) is 8.15. The first-order chi connectivity index (χ1) is 9.71. The molecule has 0 aromatic heterocycles. The molecule has 0 heterocycles. The van der Waals surface area contributed by atoms with Gasteiger partial charge in [-0.15, -0.1) is 0 Å². The first-order valence-electron chi connectivity index (χ1n) is 8.15. The van der Waals surface area contributed by atoms with Crippen LogP contribution in [-0.4, -0.2) is 12.1 Å². The number of hydrogen-bond acceptors (Lipinski definition) is 2. The van der Waals surface area contributed by atoms with Crippen molar-refractivity contribution >= 4 is 0 Å². The minimum Gasteiger partial charge on any atom is -0.369 e. The van der Waals surface area contributed by atoms with Gasteiger partial charge in [-0.2, -0.15) is 0 Å². The maximum atomic E-state index is 6.29. The van der Waals surface area contributed by atoms with Crippen LogP contribution in [0.2, 0.25) is 0 Å². The molecule has 0 saturated heterocycles. The van der Waals surface area contributed by atoms with Crippen molar-refractivity contribution in [2.45, 2.75) is 64.1 Å². The van der Waals surface area contributed by atoms with Crippen LogP contribution in [0.3, 0.4) is 0 Å². The van der Waals surface area contributed by atoms with E-state index in [1.165, 1.54) is 48.8 Å². The van der Waals surface area contributed by atoms with Crippen LogP contribution in [0.1, 0.15) is 55.7 Å². The Bertz CT molecular complexity index is 460. The Morgan fingerprint density at radius 3 is 2.70 bits per heavy atom. The molecule has 2 aliphatic carbocycles. The standard InChI is InChI=1S/C18H27NO/c1-14-7-9-18(13-19,10-8-14)20-12-15-5-6-16-3-2-4-17(16)11-15/h5-6,11,14H,2-4,7-10,12-13,19H2,1H3. The van der Waals surface area contributed by atoms with Crippen LogP contribution in [0.15, 0.2) is 18.2 Å². The summed E-state index contributed by atoms with van der Waals surface area (Å²) in [6, 6.07) is 6.87. The fraction of sp³-hybridized carbons (Fsp3) is 0.667. The Balaban J connectivity index is 1.63. The van der Waals surface area contributed by atoms with Crippen molar-refractivity contribution in [3.8, 4) is 0 Å². The number of hydrogen-bond donors (Lipinski definition) is 1. The molecule has 3 rings (SSSR count). The highest BCUT2D eigenvalue weighted by molar-refractivity contribution is 5.35. The number of fused-ring (bicyclic) bond motifs is 1. The molecule has 0 aliphatic heterocycles. The third kappa shape index (κ3) is 2.91. The summed E-state index contributed by atoms with van der Waals surface area (Å²) in [7, 11) is 0. The van der Waals surface area contributed by atoms with Gasteiger partial charge >= 0.3 is 0 Å². The van der Waals surface area contributed by atoms with E-state index in [-0.39, 0.29) is 5.60 Å². The van der Waals surface area contributed by atoms with E-state index in [4.69, 9.17) is 10.5 Å². The number of benzene rings is 1. The Hall–Kier alpha value is -0.860. The molecular weight excluding hydrogens is 246 g/mol. The summed E-state index contributed by atoms with van der Waals surface area (Å²) in [6.45, 7) is 3.71. The Kier molecular flexibility index (Phi) is 4.13. The smallest absolute Gasteiger partial charge is 0.0808 e. The van der Waals surface area contributed by atoms with E-state index in [0.29, 0.717) is 6.54 Å². The summed E-state index contributed by atoms with van der Waals surface area (Å²) in [5.74, 6) is 0.832. The highest BCUT2D eigenvalue weighted by Gasteiger charge is 2.33. The third-order valence-corrected chi connectivity index (χ3v) is 5.27. The van der Waals surface area contributed by atoms with Crippen LogP contribution >= 0.6 is 0 Å². The largest absolute Gasteiger partial charge is 0.369 e. The summed E-state index contributed by atoms with van der Waals surface area (Å²) < 4.78 is 6.29. The molecule has 0 spiro atoms. The molecular formula is C18H27NO. The van der Waals surface area contributed by atoms with E-state index in [1.54, 1.807) is 0 Å². The van der Waals surface area contributed by atoms with Crippen LogP contribution in [0.5, 0.6) is 0 Å². The second-order valence-electron chi connectivity index (χ2n) is 6.81. The molecule has 20 heavy (non-hydrogen) atoms. The number of nitrogens with two attached hydrogens (primary N) is 1. The van der Waals surface area contributed by atoms with E-state index < -0.39 is 0 Å². The summed E-state index contributed by atoms with van der Waals surface area (Å²) >= 11 is 0. The quantitative estimate of drug-likeness (QED) is 0.909. The van der Waals surface area contributed by atoms with Crippen molar-refractivity contribution in [2.24, 2.45) is 11.7 Å². The molecule has 0 atom stereocenters. The molecule has 0 amide bonds. The molecule has 110 valence electrons. The fourth-order valence-electron chi connectivity index (χ4n) is 3.65. The highest BCUT2D eigenvalue weighted by atomic mass is 16.5. The van der Waals surface area contributed by atoms with Gasteiger partial charge in [-0.3, -0.25) is 0 Å². The molecule has 0 radical (unpaired) electrons. The molecule has 2 N–H and O–H groups in total. The molecule has 1 fully saturated rings. The zero-order valence-electron chi connectivity index (χ0n) is 12.7. The molecule has 1 aromatic carbocycles. The second kappa shape index (κ2) is 5.87. The predicted octanol–water partition coefficient (Wildman–Crippen LogP) is 3.60. The summed E-state index contributed by atoms with van der Waals surface area (Å²) in [5, 5.41) is 0. The van der Waals surface area contributed by atoms with Gasteiger partial charge in [0.25, 0.3) is 0 Å². The Morgan fingerprint density at radius 2 is 1.95 bits per heavy atom. The van der Waals surface area contributed by atoms with Gasteiger partial charge in [0.05, 0.1) is 12.2 Å². The lowest BCUT2D eigenvalue weighted by Crippen LogP contribution is -2.43. The average molecular weight is 273 g/mol. The van der Waals surface area contributed by atoms with E-state index in [1.807, 2.05) is 0 Å². The number of aryl methyl sites for hydroxylation is 2. The van der Waals surface area contributed by atoms with Crippen LogP contribution < -0.4 is 5.73 Å². The predicted molar refractivity (Wildman–Crippen MR) is 82.7 cm³/mol. The van der Waals surface area contributed by atoms with E-state index in [2.05, 4.69) is 25.1 Å². The van der Waals surface area contributed by atoms with Crippen LogP contribution in [0.25, 0.3) is 0 Å². The van der Waals surface area contributed by atoms with Crippen molar-refractivity contribution in [3.05, 3.63) is 34.9 Å². The topological polar surface area (TPSA) is 35.2 Å². The van der Waals surface area contributed by atoms with Crippen molar-refractivity contribution in [3.63, 3.8) is 0 Å². The van der Waals surface area contributed by atoms with Gasteiger partial charge < -0.3 is 10.5 Å². The van der Waals surface area contributed by atoms with Crippen molar-refractivity contribution in [1.29, 1.82) is 0 Å². The van der Waals surface area contributed by atoms with E-state index in [9.17, 15) is 0 Å². The lowest BCUT2D eigenvalue weighted by atomic mass is 9.79. The lowest BCUT2D eigenvalue weighted by molar-refractivity contribution is -0.0799. The molecule has 2 heteroatoms. The minimum absolute atomic E-state index is 0.0640. The molecule has 1 aromatic rings. The molecule has 0 bridgehead atoms. The minimum atomic E-state index is -0.0640. The van der Waals surface area contributed by atoms with Gasteiger partial charge in [0.15, 0.2) is 0 Å². The van der Waals surface area contributed by atoms with Crippen molar-refractivity contribution in [2.75, 3.05) is 6.54 Å². The third-order valence-electron chi connectivity index (χ3n) is 5.27. The number of ether oxygens (including phenoxy) is 1. The average Bonchev–Trinajstić information content (AvgIpc) is 2.95. The first kappa shape index (κ1) is 14.1. The van der Waals surface area contributed by atoms with Gasteiger partial charge in [0.2, 0.25) is 0 Å². The van der Waals surface area contributed by atoms with Gasteiger partial charge in [-0.05, 0) is 67.6 Å². The Morgan fingerprint density at radius 1 is 1.20 bits per heavy atom. The SMILES string of the molecule is CC1CCC(CN)(OCc2ccc3c(c2)CCC3)CC1. The van der Waals surface area contributed by atoms with Crippen LogP contribution in [-0.2, 0) is 24.2 Å². The molecule has 0 unspecified atom stereocenters. The van der Waals surface area contributed by atoms with Crippen molar-refractivity contribution < 1.29 is 4.74 Å². The van der Waals surface area contributed by atoms with Gasteiger partial charge in [0, 0.05) is 6.54 Å². The lowest BCUT2D eigenvalue weighted by Gasteiger charge is -2.38. The summed E-state index contributed by atoms with van der Waals surface area (Å²) in [5.41, 5.74) is 10.3. The van der Waals surface area contributed by atoms with Crippen LogP contribution in [0, 0.1) is 5.92 Å². The Labute approximate surface area is 122 Å². The normalized spacial score (nSPS) is 29.4. The highest BCUT2D eigenvalue weighted by Crippen LogP contribution is 2.35. The van der Waals surface area contributed by atoms with Gasteiger partial charge in [-0.1, -0.05) is 25.1 Å². The summed E-state index contributed by atoms with van der Waals surface area (Å²) in [6.07, 6.45) is 8.54. The molecule has 2 aliphatic rings. The summed E-state index contributed by atoms with van der Waals surface area (Å²) in [4.78, 5) is 0. The van der Waals surface area contributed by atoms with E-state index >= 15 is 0 Å². The second-order valence-corrected chi connectivity index (χ2v) is 6.81. The molecule has 1 saturated carbocycles. The van der Waals surface area contributed by atoms with E-state index in [0.717, 1.165) is 25.4 Å². The van der Waals surface area contributed by atoms with Gasteiger partial charge in [0.1, 0.15) is 0 Å². The number of rotatable bonds is 4. The maximum absolute atomic E-state index is 6.29. The van der Waals surface area contributed by atoms with Gasteiger partial charge in [-0.25, -0.2) is 0 Å². The fourth-order valence-corrected chi connectivity index (χ4v) is 3.65. The molecule has 2 nitrogen and oxygen atoms in total. The van der Waals surface area contributed by atoms with Crippen molar-refractivity contribution in [1.82, 2.24) is 0 Å². The zero-order valence-corrected chi connectivity index (χ0v) is 12.7. The maximum Gasteiger partial charge on any atom is 0.0808 e. The monoisotopic (exact) mass is 273 g/mol.